The van der Waals surface area contributed by atoms with Crippen LogP contribution in [0.5, 0.6) is 0 Å². The number of nitrogens with one attached hydrogen (secondary N) is 1. The Balaban J connectivity index is 1.56. The Labute approximate surface area is 180 Å². The molecule has 0 atom stereocenters. The molecule has 160 valence electrons. The molecule has 0 saturated carbocycles. The molecule has 4 rings (SSSR count). The Bertz CT molecular complexity index is 1320. The number of hydrogen-bond donors (Lipinski definition) is 1. The summed E-state index contributed by atoms with van der Waals surface area (Å²) in [5.74, 6) is -3.60. The molecule has 1 heterocycles. The van der Waals surface area contributed by atoms with E-state index in [0.717, 1.165) is 18.2 Å². The molecule has 4 aromatic rings. The lowest BCUT2D eigenvalue weighted by atomic mass is 10.0. The number of esters is 1. The number of amides is 1. The lowest BCUT2D eigenvalue weighted by Crippen LogP contribution is -2.21. The summed E-state index contributed by atoms with van der Waals surface area (Å²) in [7, 11) is 0. The third-order valence-corrected chi connectivity index (χ3v) is 4.61. The first kappa shape index (κ1) is 21.0. The fourth-order valence-electron chi connectivity index (χ4n) is 3.10. The minimum atomic E-state index is -0.833. The van der Waals surface area contributed by atoms with Crippen molar-refractivity contribution in [3.63, 3.8) is 0 Å². The molecule has 1 amide bonds. The van der Waals surface area contributed by atoms with E-state index in [1.54, 1.807) is 24.3 Å². The lowest BCUT2D eigenvalue weighted by molar-refractivity contribution is -0.119. The van der Waals surface area contributed by atoms with Crippen LogP contribution in [0.2, 0.25) is 0 Å². The van der Waals surface area contributed by atoms with E-state index in [-0.39, 0.29) is 11.3 Å². The topological polar surface area (TPSA) is 68.3 Å². The summed E-state index contributed by atoms with van der Waals surface area (Å²) in [6.07, 6.45) is 0. The van der Waals surface area contributed by atoms with Crippen molar-refractivity contribution in [1.82, 2.24) is 4.98 Å². The summed E-state index contributed by atoms with van der Waals surface area (Å²) in [5, 5.41) is 2.66. The minimum Gasteiger partial charge on any atom is -0.452 e. The molecule has 1 aromatic heterocycles. The number of carbonyl (C=O) groups is 2. The van der Waals surface area contributed by atoms with Gasteiger partial charge in [0, 0.05) is 17.0 Å². The largest absolute Gasteiger partial charge is 0.452 e. The molecular weight excluding hydrogens is 421 g/mol. The summed E-state index contributed by atoms with van der Waals surface area (Å²) in [6, 6.07) is 16.6. The Morgan fingerprint density at radius 1 is 0.875 bits per heavy atom. The Morgan fingerprint density at radius 2 is 1.59 bits per heavy atom. The predicted octanol–water partition coefficient (Wildman–Crippen LogP) is 5.11. The van der Waals surface area contributed by atoms with Gasteiger partial charge in [0.2, 0.25) is 0 Å². The number of fused-ring (bicyclic) bond motifs is 1. The summed E-state index contributed by atoms with van der Waals surface area (Å²) >= 11 is 0. The number of para-hydroxylation sites is 1. The zero-order valence-corrected chi connectivity index (χ0v) is 16.4. The summed E-state index contributed by atoms with van der Waals surface area (Å²) in [4.78, 5) is 29.3. The number of anilines is 1. The summed E-state index contributed by atoms with van der Waals surface area (Å²) in [5.41, 5.74) is 1.30. The van der Waals surface area contributed by atoms with E-state index in [0.29, 0.717) is 22.2 Å². The van der Waals surface area contributed by atoms with Crippen molar-refractivity contribution in [1.29, 1.82) is 0 Å². The zero-order valence-electron chi connectivity index (χ0n) is 16.4. The van der Waals surface area contributed by atoms with Gasteiger partial charge in [-0.3, -0.25) is 4.79 Å². The monoisotopic (exact) mass is 436 g/mol. The molecule has 1 N–H and O–H groups in total. The van der Waals surface area contributed by atoms with Crippen LogP contribution in [0.1, 0.15) is 10.4 Å². The van der Waals surface area contributed by atoms with E-state index >= 15 is 0 Å². The maximum Gasteiger partial charge on any atom is 0.339 e. The van der Waals surface area contributed by atoms with Crippen molar-refractivity contribution in [2.24, 2.45) is 0 Å². The van der Waals surface area contributed by atoms with Crippen LogP contribution < -0.4 is 5.32 Å². The number of hydrogen-bond acceptors (Lipinski definition) is 4. The molecule has 32 heavy (non-hydrogen) atoms. The van der Waals surface area contributed by atoms with Gasteiger partial charge >= 0.3 is 5.97 Å². The van der Waals surface area contributed by atoms with Crippen LogP contribution in [-0.4, -0.2) is 23.5 Å². The first-order chi connectivity index (χ1) is 15.4. The molecular formula is C24H15F3N2O3. The molecule has 0 aliphatic rings. The van der Waals surface area contributed by atoms with E-state index < -0.39 is 35.9 Å². The van der Waals surface area contributed by atoms with Crippen LogP contribution in [0.25, 0.3) is 22.2 Å². The second kappa shape index (κ2) is 8.89. The van der Waals surface area contributed by atoms with Crippen molar-refractivity contribution in [2.75, 3.05) is 11.9 Å². The highest BCUT2D eigenvalue weighted by molar-refractivity contribution is 6.05. The lowest BCUT2D eigenvalue weighted by Gasteiger charge is -2.11. The predicted molar refractivity (Wildman–Crippen MR) is 112 cm³/mol. The second-order valence-electron chi connectivity index (χ2n) is 6.83. The molecule has 0 unspecified atom stereocenters. The molecule has 0 aliphatic heterocycles. The van der Waals surface area contributed by atoms with Gasteiger partial charge in [-0.2, -0.15) is 0 Å². The molecule has 0 bridgehead atoms. The van der Waals surface area contributed by atoms with E-state index in [4.69, 9.17) is 4.74 Å². The van der Waals surface area contributed by atoms with Crippen LogP contribution in [0.4, 0.5) is 18.9 Å². The number of aromatic nitrogens is 1. The van der Waals surface area contributed by atoms with Crippen molar-refractivity contribution < 1.29 is 27.5 Å². The normalized spacial score (nSPS) is 10.7. The van der Waals surface area contributed by atoms with Crippen LogP contribution in [0.15, 0.2) is 72.8 Å². The van der Waals surface area contributed by atoms with Gasteiger partial charge in [0.05, 0.1) is 22.5 Å². The standard InChI is InChI=1S/C24H15F3N2O3/c25-15-7-5-14(6-8-15)21-12-18(17-3-1-2-4-20(17)28-21)24(31)32-13-23(30)29-22-11-16(26)9-10-19(22)27/h1-12H,13H2,(H,29,30). The number of nitrogens with zero attached hydrogens (tertiary/aromatic N) is 1. The smallest absolute Gasteiger partial charge is 0.339 e. The number of benzene rings is 3. The number of rotatable bonds is 5. The fraction of sp³-hybridized carbons (Fsp3) is 0.0417. The van der Waals surface area contributed by atoms with Gasteiger partial charge in [-0.05, 0) is 48.5 Å². The first-order valence-electron chi connectivity index (χ1n) is 9.48. The van der Waals surface area contributed by atoms with E-state index in [2.05, 4.69) is 10.3 Å². The molecule has 0 saturated heterocycles. The molecule has 5 nitrogen and oxygen atoms in total. The maximum absolute atomic E-state index is 13.7. The maximum atomic E-state index is 13.7. The van der Waals surface area contributed by atoms with Gasteiger partial charge in [0.15, 0.2) is 6.61 Å². The van der Waals surface area contributed by atoms with Crippen molar-refractivity contribution in [2.45, 2.75) is 0 Å². The third kappa shape index (κ3) is 4.59. The Hall–Kier alpha value is -4.20. The van der Waals surface area contributed by atoms with Gasteiger partial charge in [-0.25, -0.2) is 22.9 Å². The van der Waals surface area contributed by atoms with Crippen LogP contribution in [-0.2, 0) is 9.53 Å². The average Bonchev–Trinajstić information content (AvgIpc) is 2.79. The van der Waals surface area contributed by atoms with Gasteiger partial charge < -0.3 is 10.1 Å². The summed E-state index contributed by atoms with van der Waals surface area (Å²) in [6.45, 7) is -0.711. The summed E-state index contributed by atoms with van der Waals surface area (Å²) < 4.78 is 45.3. The highest BCUT2D eigenvalue weighted by Crippen LogP contribution is 2.25. The van der Waals surface area contributed by atoms with Crippen LogP contribution >= 0.6 is 0 Å². The number of halogens is 3. The highest BCUT2D eigenvalue weighted by atomic mass is 19.1. The SMILES string of the molecule is O=C(COC(=O)c1cc(-c2ccc(F)cc2)nc2ccccc12)Nc1cc(F)ccc1F. The van der Waals surface area contributed by atoms with Crippen molar-refractivity contribution in [3.05, 3.63) is 95.8 Å². The minimum absolute atomic E-state index is 0.152. The van der Waals surface area contributed by atoms with Gasteiger partial charge in [0.25, 0.3) is 5.91 Å². The van der Waals surface area contributed by atoms with Crippen molar-refractivity contribution >= 4 is 28.5 Å². The van der Waals surface area contributed by atoms with Gasteiger partial charge in [-0.15, -0.1) is 0 Å². The van der Waals surface area contributed by atoms with E-state index in [1.807, 2.05) is 0 Å². The fourth-order valence-corrected chi connectivity index (χ4v) is 3.10. The Morgan fingerprint density at radius 3 is 2.38 bits per heavy atom. The molecule has 0 spiro atoms. The average molecular weight is 436 g/mol. The van der Waals surface area contributed by atoms with Gasteiger partial charge in [0.1, 0.15) is 17.5 Å². The number of carbonyl (C=O) groups excluding carboxylic acids is 2. The first-order valence-corrected chi connectivity index (χ1v) is 9.48. The van der Waals surface area contributed by atoms with E-state index in [9.17, 15) is 22.8 Å². The third-order valence-electron chi connectivity index (χ3n) is 4.61. The Kier molecular flexibility index (Phi) is 5.85. The zero-order chi connectivity index (χ0) is 22.7. The molecule has 8 heteroatoms. The van der Waals surface area contributed by atoms with Gasteiger partial charge in [-0.1, -0.05) is 18.2 Å². The van der Waals surface area contributed by atoms with Crippen LogP contribution in [0.3, 0.4) is 0 Å². The van der Waals surface area contributed by atoms with Crippen LogP contribution in [0, 0.1) is 17.5 Å². The quantitative estimate of drug-likeness (QED) is 0.441. The second-order valence-corrected chi connectivity index (χ2v) is 6.83. The molecule has 0 fully saturated rings. The number of ether oxygens (including phenoxy) is 1. The highest BCUT2D eigenvalue weighted by Gasteiger charge is 2.17. The van der Waals surface area contributed by atoms with E-state index in [1.165, 1.54) is 30.3 Å². The molecule has 0 radical (unpaired) electrons. The number of pyridine rings is 1. The molecule has 3 aromatic carbocycles. The van der Waals surface area contributed by atoms with Crippen molar-refractivity contribution in [3.8, 4) is 11.3 Å². The molecule has 0 aliphatic carbocycles.